The lowest BCUT2D eigenvalue weighted by molar-refractivity contribution is -0.141. The number of rotatable bonds is 3. The third kappa shape index (κ3) is 3.06. The van der Waals surface area contributed by atoms with Gasteiger partial charge in [-0.05, 0) is 44.6 Å². The Labute approximate surface area is 155 Å². The topological polar surface area (TPSA) is 40.6 Å². The zero-order valence-electron chi connectivity index (χ0n) is 15.7. The first-order valence-electron chi connectivity index (χ1n) is 10.1. The lowest BCUT2D eigenvalue weighted by Crippen LogP contribution is -2.44. The SMILES string of the molecule is Cc1ccc(C2=C(N3CCCCC3)C(=O)N(C3CCCCC3)C2=O)cc1. The molecule has 2 aliphatic heterocycles. The van der Waals surface area contributed by atoms with Gasteiger partial charge in [-0.1, -0.05) is 49.1 Å². The molecule has 0 bridgehead atoms. The first-order chi connectivity index (χ1) is 12.7. The molecule has 4 rings (SSSR count). The summed E-state index contributed by atoms with van der Waals surface area (Å²) in [6.45, 7) is 3.80. The lowest BCUT2D eigenvalue weighted by atomic mass is 9.94. The smallest absolute Gasteiger partial charge is 0.278 e. The summed E-state index contributed by atoms with van der Waals surface area (Å²) in [7, 11) is 0. The number of aryl methyl sites for hydroxylation is 1. The van der Waals surface area contributed by atoms with Crippen molar-refractivity contribution < 1.29 is 9.59 Å². The molecule has 2 amide bonds. The Morgan fingerprint density at radius 1 is 0.808 bits per heavy atom. The summed E-state index contributed by atoms with van der Waals surface area (Å²) in [5, 5.41) is 0. The maximum absolute atomic E-state index is 13.4. The fourth-order valence-corrected chi connectivity index (χ4v) is 4.60. The molecule has 1 aliphatic carbocycles. The summed E-state index contributed by atoms with van der Waals surface area (Å²) < 4.78 is 0. The largest absolute Gasteiger partial charge is 0.366 e. The molecule has 0 unspecified atom stereocenters. The lowest BCUT2D eigenvalue weighted by Gasteiger charge is -2.32. The Morgan fingerprint density at radius 2 is 1.42 bits per heavy atom. The van der Waals surface area contributed by atoms with E-state index < -0.39 is 0 Å². The van der Waals surface area contributed by atoms with Crippen molar-refractivity contribution in [2.75, 3.05) is 13.1 Å². The van der Waals surface area contributed by atoms with E-state index in [-0.39, 0.29) is 17.9 Å². The second-order valence-electron chi connectivity index (χ2n) is 7.91. The number of carbonyl (C=O) groups excluding carboxylic acids is 2. The molecule has 0 aromatic heterocycles. The zero-order chi connectivity index (χ0) is 18.1. The molecule has 26 heavy (non-hydrogen) atoms. The number of benzene rings is 1. The summed E-state index contributed by atoms with van der Waals surface area (Å²) in [6, 6.07) is 8.11. The van der Waals surface area contributed by atoms with Crippen LogP contribution in [0.2, 0.25) is 0 Å². The summed E-state index contributed by atoms with van der Waals surface area (Å²) in [6.07, 6.45) is 8.73. The van der Waals surface area contributed by atoms with E-state index in [1.807, 2.05) is 31.2 Å². The van der Waals surface area contributed by atoms with Crippen molar-refractivity contribution in [3.05, 3.63) is 41.1 Å². The van der Waals surface area contributed by atoms with E-state index in [1.54, 1.807) is 4.90 Å². The molecule has 4 nitrogen and oxygen atoms in total. The van der Waals surface area contributed by atoms with Crippen LogP contribution in [-0.2, 0) is 9.59 Å². The van der Waals surface area contributed by atoms with Gasteiger partial charge in [0.2, 0.25) is 0 Å². The highest BCUT2D eigenvalue weighted by Gasteiger charge is 2.44. The minimum atomic E-state index is -0.0775. The van der Waals surface area contributed by atoms with Crippen LogP contribution >= 0.6 is 0 Å². The summed E-state index contributed by atoms with van der Waals surface area (Å²) >= 11 is 0. The van der Waals surface area contributed by atoms with Crippen molar-refractivity contribution in [1.82, 2.24) is 9.80 Å². The van der Waals surface area contributed by atoms with Gasteiger partial charge in [0.1, 0.15) is 5.70 Å². The van der Waals surface area contributed by atoms with Gasteiger partial charge < -0.3 is 4.90 Å². The second kappa shape index (κ2) is 7.26. The molecule has 138 valence electrons. The predicted molar refractivity (Wildman–Crippen MR) is 102 cm³/mol. The van der Waals surface area contributed by atoms with Crippen molar-refractivity contribution in [3.63, 3.8) is 0 Å². The monoisotopic (exact) mass is 352 g/mol. The molecule has 0 spiro atoms. The Morgan fingerprint density at radius 3 is 2.08 bits per heavy atom. The normalized spacial score (nSPS) is 22.5. The predicted octanol–water partition coefficient (Wildman–Crippen LogP) is 3.89. The average Bonchev–Trinajstić information content (AvgIpc) is 2.94. The molecule has 2 heterocycles. The van der Waals surface area contributed by atoms with E-state index in [9.17, 15) is 9.59 Å². The van der Waals surface area contributed by atoms with Gasteiger partial charge in [-0.25, -0.2) is 0 Å². The molecule has 3 aliphatic rings. The van der Waals surface area contributed by atoms with E-state index in [4.69, 9.17) is 0 Å². The highest BCUT2D eigenvalue weighted by atomic mass is 16.2. The van der Waals surface area contributed by atoms with Gasteiger partial charge >= 0.3 is 0 Å². The summed E-state index contributed by atoms with van der Waals surface area (Å²) in [5.74, 6) is -0.134. The quantitative estimate of drug-likeness (QED) is 0.775. The Hall–Kier alpha value is -2.10. The van der Waals surface area contributed by atoms with Gasteiger partial charge in [-0.2, -0.15) is 0 Å². The van der Waals surface area contributed by atoms with Crippen LogP contribution in [0, 0.1) is 6.92 Å². The summed E-state index contributed by atoms with van der Waals surface area (Å²) in [5.41, 5.74) is 3.33. The summed E-state index contributed by atoms with van der Waals surface area (Å²) in [4.78, 5) is 30.5. The van der Waals surface area contributed by atoms with Crippen LogP contribution in [0.25, 0.3) is 5.57 Å². The molecule has 2 fully saturated rings. The number of amides is 2. The van der Waals surface area contributed by atoms with Crippen molar-refractivity contribution in [1.29, 1.82) is 0 Å². The average molecular weight is 352 g/mol. The second-order valence-corrected chi connectivity index (χ2v) is 7.91. The first kappa shape index (κ1) is 17.3. The molecule has 1 aromatic carbocycles. The van der Waals surface area contributed by atoms with E-state index in [0.29, 0.717) is 11.3 Å². The molecule has 0 radical (unpaired) electrons. The van der Waals surface area contributed by atoms with Crippen molar-refractivity contribution in [3.8, 4) is 0 Å². The maximum Gasteiger partial charge on any atom is 0.278 e. The van der Waals surface area contributed by atoms with Crippen molar-refractivity contribution in [2.45, 2.75) is 64.3 Å². The van der Waals surface area contributed by atoms with E-state index in [1.165, 1.54) is 12.8 Å². The van der Waals surface area contributed by atoms with Crippen LogP contribution in [0.3, 0.4) is 0 Å². The fourth-order valence-electron chi connectivity index (χ4n) is 4.60. The highest BCUT2D eigenvalue weighted by molar-refractivity contribution is 6.35. The number of piperidine rings is 1. The number of nitrogens with zero attached hydrogens (tertiary/aromatic N) is 2. The van der Waals surface area contributed by atoms with Gasteiger partial charge in [0.25, 0.3) is 11.8 Å². The number of hydrogen-bond donors (Lipinski definition) is 0. The first-order valence-corrected chi connectivity index (χ1v) is 10.1. The Balaban J connectivity index is 1.74. The highest BCUT2D eigenvalue weighted by Crippen LogP contribution is 2.37. The zero-order valence-corrected chi connectivity index (χ0v) is 15.7. The molecule has 1 saturated carbocycles. The van der Waals surface area contributed by atoms with Crippen LogP contribution in [0.4, 0.5) is 0 Å². The van der Waals surface area contributed by atoms with Crippen molar-refractivity contribution >= 4 is 17.4 Å². The van der Waals surface area contributed by atoms with Gasteiger partial charge in [0, 0.05) is 19.1 Å². The van der Waals surface area contributed by atoms with Crippen molar-refractivity contribution in [2.24, 2.45) is 0 Å². The number of carbonyl (C=O) groups is 2. The molecule has 0 atom stereocenters. The molecule has 1 saturated heterocycles. The van der Waals surface area contributed by atoms with Crippen LogP contribution in [0.5, 0.6) is 0 Å². The molecule has 0 N–H and O–H groups in total. The van der Waals surface area contributed by atoms with E-state index >= 15 is 0 Å². The Bertz CT molecular complexity index is 723. The van der Waals surface area contributed by atoms with E-state index in [0.717, 1.165) is 62.7 Å². The van der Waals surface area contributed by atoms with E-state index in [2.05, 4.69) is 4.90 Å². The molecule has 1 aromatic rings. The number of imide groups is 1. The Kier molecular flexibility index (Phi) is 4.84. The molecular formula is C22H28N2O2. The van der Waals surface area contributed by atoms with Gasteiger partial charge in [0.15, 0.2) is 0 Å². The molecule has 4 heteroatoms. The molecular weight excluding hydrogens is 324 g/mol. The third-order valence-electron chi connectivity index (χ3n) is 6.04. The minimum Gasteiger partial charge on any atom is -0.366 e. The standard InChI is InChI=1S/C22H28N2O2/c1-16-10-12-17(13-11-16)19-20(23-14-6-3-7-15-23)22(26)24(21(19)25)18-8-4-2-5-9-18/h10-13,18H,2-9,14-15H2,1H3. The van der Waals surface area contributed by atoms with Gasteiger partial charge in [-0.15, -0.1) is 0 Å². The van der Waals surface area contributed by atoms with Gasteiger partial charge in [-0.3, -0.25) is 14.5 Å². The minimum absolute atomic E-state index is 0.0561. The third-order valence-corrected chi connectivity index (χ3v) is 6.04. The van der Waals surface area contributed by atoms with Gasteiger partial charge in [0.05, 0.1) is 5.57 Å². The van der Waals surface area contributed by atoms with Crippen LogP contribution < -0.4 is 0 Å². The van der Waals surface area contributed by atoms with Crippen LogP contribution in [0.15, 0.2) is 30.0 Å². The maximum atomic E-state index is 13.4. The number of hydrogen-bond acceptors (Lipinski definition) is 3. The van der Waals surface area contributed by atoms with Crippen LogP contribution in [0.1, 0.15) is 62.5 Å². The number of likely N-dealkylation sites (tertiary alicyclic amines) is 1. The fraction of sp³-hybridized carbons (Fsp3) is 0.545. The van der Waals surface area contributed by atoms with Crippen LogP contribution in [-0.4, -0.2) is 40.7 Å².